The number of methoxy groups -OCH3 is 2. The quantitative estimate of drug-likeness (QED) is 0.715. The number of benzene rings is 1. The van der Waals surface area contributed by atoms with Crippen molar-refractivity contribution < 1.29 is 14.6 Å². The lowest BCUT2D eigenvalue weighted by atomic mass is 10.1. The average molecular weight is 253 g/mol. The summed E-state index contributed by atoms with van der Waals surface area (Å²) in [5.41, 5.74) is 2.01. The Hall–Kier alpha value is -1.10. The maximum atomic E-state index is 9.16. The SMILES string of the molecule is COCCCN(C)Cc1cc(CO)ccc1OC. The van der Waals surface area contributed by atoms with Gasteiger partial charge in [0.15, 0.2) is 0 Å². The van der Waals surface area contributed by atoms with Crippen LogP contribution in [0.25, 0.3) is 0 Å². The predicted octanol–water partition coefficient (Wildman–Crippen LogP) is 1.66. The molecule has 1 aromatic carbocycles. The van der Waals surface area contributed by atoms with Crippen LogP contribution in [0.1, 0.15) is 17.5 Å². The van der Waals surface area contributed by atoms with Crippen molar-refractivity contribution in [1.29, 1.82) is 0 Å². The molecule has 0 radical (unpaired) electrons. The second kappa shape index (κ2) is 8.08. The highest BCUT2D eigenvalue weighted by atomic mass is 16.5. The zero-order chi connectivity index (χ0) is 13.4. The van der Waals surface area contributed by atoms with Gasteiger partial charge in [-0.25, -0.2) is 0 Å². The Kier molecular flexibility index (Phi) is 6.72. The van der Waals surface area contributed by atoms with Crippen molar-refractivity contribution in [3.8, 4) is 5.75 Å². The molecule has 0 unspecified atom stereocenters. The van der Waals surface area contributed by atoms with Crippen LogP contribution in [0, 0.1) is 0 Å². The van der Waals surface area contributed by atoms with Crippen LogP contribution in [0.4, 0.5) is 0 Å². The van der Waals surface area contributed by atoms with Crippen LogP contribution in [-0.2, 0) is 17.9 Å². The summed E-state index contributed by atoms with van der Waals surface area (Å²) in [6, 6.07) is 5.78. The van der Waals surface area contributed by atoms with Crippen LogP contribution in [-0.4, -0.2) is 44.4 Å². The van der Waals surface area contributed by atoms with Gasteiger partial charge in [0.25, 0.3) is 0 Å². The van der Waals surface area contributed by atoms with Crippen LogP contribution in [0.2, 0.25) is 0 Å². The molecule has 1 rings (SSSR count). The van der Waals surface area contributed by atoms with Crippen molar-refractivity contribution in [3.05, 3.63) is 29.3 Å². The Morgan fingerprint density at radius 2 is 2.06 bits per heavy atom. The number of aliphatic hydroxyl groups excluding tert-OH is 1. The number of nitrogens with zero attached hydrogens (tertiary/aromatic N) is 1. The van der Waals surface area contributed by atoms with Gasteiger partial charge >= 0.3 is 0 Å². The minimum atomic E-state index is 0.0599. The summed E-state index contributed by atoms with van der Waals surface area (Å²) in [5.74, 6) is 0.866. The molecule has 0 aliphatic heterocycles. The first kappa shape index (κ1) is 15.0. The molecule has 0 atom stereocenters. The molecule has 0 aliphatic carbocycles. The highest BCUT2D eigenvalue weighted by molar-refractivity contribution is 5.37. The molecular weight excluding hydrogens is 230 g/mol. The van der Waals surface area contributed by atoms with Crippen LogP contribution in [0.15, 0.2) is 18.2 Å². The fraction of sp³-hybridized carbons (Fsp3) is 0.571. The monoisotopic (exact) mass is 253 g/mol. The second-order valence-corrected chi connectivity index (χ2v) is 4.39. The molecule has 0 aliphatic rings. The average Bonchev–Trinajstić information content (AvgIpc) is 2.39. The zero-order valence-corrected chi connectivity index (χ0v) is 11.5. The Labute approximate surface area is 109 Å². The van der Waals surface area contributed by atoms with Gasteiger partial charge in [0.1, 0.15) is 5.75 Å². The molecule has 4 nitrogen and oxygen atoms in total. The molecule has 18 heavy (non-hydrogen) atoms. The Bertz CT molecular complexity index is 355. The summed E-state index contributed by atoms with van der Waals surface area (Å²) < 4.78 is 10.4. The fourth-order valence-electron chi connectivity index (χ4n) is 1.90. The van der Waals surface area contributed by atoms with Gasteiger partial charge in [-0.1, -0.05) is 6.07 Å². The molecule has 4 heteroatoms. The molecule has 1 aromatic rings. The number of rotatable bonds is 8. The van der Waals surface area contributed by atoms with E-state index < -0.39 is 0 Å². The first-order valence-electron chi connectivity index (χ1n) is 6.15. The van der Waals surface area contributed by atoms with Gasteiger partial charge in [0.05, 0.1) is 13.7 Å². The summed E-state index contributed by atoms with van der Waals surface area (Å²) in [5, 5.41) is 9.16. The van der Waals surface area contributed by atoms with Gasteiger partial charge in [-0.15, -0.1) is 0 Å². The van der Waals surface area contributed by atoms with E-state index in [4.69, 9.17) is 14.6 Å². The van der Waals surface area contributed by atoms with Crippen molar-refractivity contribution in [2.75, 3.05) is 34.4 Å². The second-order valence-electron chi connectivity index (χ2n) is 4.39. The Balaban J connectivity index is 2.63. The molecule has 0 fully saturated rings. The van der Waals surface area contributed by atoms with Crippen LogP contribution >= 0.6 is 0 Å². The highest BCUT2D eigenvalue weighted by Crippen LogP contribution is 2.21. The molecule has 0 amide bonds. The third-order valence-corrected chi connectivity index (χ3v) is 2.86. The van der Waals surface area contributed by atoms with E-state index in [0.29, 0.717) is 0 Å². The lowest BCUT2D eigenvalue weighted by molar-refractivity contribution is 0.178. The van der Waals surface area contributed by atoms with Gasteiger partial charge in [-0.3, -0.25) is 0 Å². The number of hydrogen-bond acceptors (Lipinski definition) is 4. The lowest BCUT2D eigenvalue weighted by Gasteiger charge is -2.18. The van der Waals surface area contributed by atoms with Crippen molar-refractivity contribution in [2.24, 2.45) is 0 Å². The zero-order valence-electron chi connectivity index (χ0n) is 11.5. The van der Waals surface area contributed by atoms with Gasteiger partial charge < -0.3 is 19.5 Å². The number of hydrogen-bond donors (Lipinski definition) is 1. The predicted molar refractivity (Wildman–Crippen MR) is 71.7 cm³/mol. The van der Waals surface area contributed by atoms with Gasteiger partial charge in [0, 0.05) is 32.4 Å². The molecule has 0 bridgehead atoms. The van der Waals surface area contributed by atoms with Crippen molar-refractivity contribution in [2.45, 2.75) is 19.6 Å². The van der Waals surface area contributed by atoms with E-state index in [0.717, 1.165) is 43.0 Å². The van der Waals surface area contributed by atoms with Crippen LogP contribution in [0.3, 0.4) is 0 Å². The maximum absolute atomic E-state index is 9.16. The van der Waals surface area contributed by atoms with Gasteiger partial charge in [-0.05, 0) is 31.2 Å². The number of aliphatic hydroxyl groups is 1. The van der Waals surface area contributed by atoms with Gasteiger partial charge in [0.2, 0.25) is 0 Å². The van der Waals surface area contributed by atoms with E-state index in [-0.39, 0.29) is 6.61 Å². The molecule has 0 spiro atoms. The molecule has 0 heterocycles. The third-order valence-electron chi connectivity index (χ3n) is 2.86. The highest BCUT2D eigenvalue weighted by Gasteiger charge is 2.07. The van der Waals surface area contributed by atoms with Crippen molar-refractivity contribution >= 4 is 0 Å². The van der Waals surface area contributed by atoms with Crippen molar-refractivity contribution in [1.82, 2.24) is 4.90 Å². The molecule has 0 saturated heterocycles. The maximum Gasteiger partial charge on any atom is 0.123 e. The topological polar surface area (TPSA) is 41.9 Å². The standard InChI is InChI=1S/C14H23NO3/c1-15(7-4-8-17-2)10-13-9-12(11-16)5-6-14(13)18-3/h5-6,9,16H,4,7-8,10-11H2,1-3H3. The van der Waals surface area contributed by atoms with E-state index in [9.17, 15) is 0 Å². The summed E-state index contributed by atoms with van der Waals surface area (Å²) >= 11 is 0. The molecule has 1 N–H and O–H groups in total. The van der Waals surface area contributed by atoms with E-state index >= 15 is 0 Å². The molecule has 0 saturated carbocycles. The molecular formula is C14H23NO3. The van der Waals surface area contributed by atoms with Gasteiger partial charge in [-0.2, -0.15) is 0 Å². The minimum absolute atomic E-state index is 0.0599. The third kappa shape index (κ3) is 4.64. The summed E-state index contributed by atoms with van der Waals surface area (Å²) in [6.07, 6.45) is 1.01. The minimum Gasteiger partial charge on any atom is -0.496 e. The Morgan fingerprint density at radius 1 is 1.28 bits per heavy atom. The lowest BCUT2D eigenvalue weighted by Crippen LogP contribution is -2.20. The fourth-order valence-corrected chi connectivity index (χ4v) is 1.90. The molecule has 102 valence electrons. The normalized spacial score (nSPS) is 10.9. The number of ether oxygens (including phenoxy) is 2. The summed E-state index contributed by atoms with van der Waals surface area (Å²) in [7, 11) is 5.46. The molecule has 0 aromatic heterocycles. The van der Waals surface area contributed by atoms with Crippen LogP contribution in [0.5, 0.6) is 5.75 Å². The Morgan fingerprint density at radius 3 is 2.67 bits per heavy atom. The van der Waals surface area contributed by atoms with Crippen LogP contribution < -0.4 is 4.74 Å². The van der Waals surface area contributed by atoms with E-state index in [1.165, 1.54) is 0 Å². The largest absolute Gasteiger partial charge is 0.496 e. The van der Waals surface area contributed by atoms with E-state index in [1.807, 2.05) is 18.2 Å². The first-order valence-corrected chi connectivity index (χ1v) is 6.15. The van der Waals surface area contributed by atoms with E-state index in [2.05, 4.69) is 11.9 Å². The summed E-state index contributed by atoms with van der Waals surface area (Å²) in [4.78, 5) is 2.22. The smallest absolute Gasteiger partial charge is 0.123 e. The first-order chi connectivity index (χ1) is 8.71. The summed E-state index contributed by atoms with van der Waals surface area (Å²) in [6.45, 7) is 2.61. The van der Waals surface area contributed by atoms with E-state index in [1.54, 1.807) is 14.2 Å². The van der Waals surface area contributed by atoms with Crippen molar-refractivity contribution in [3.63, 3.8) is 0 Å².